The first kappa shape index (κ1) is 6.96. The van der Waals surface area contributed by atoms with Gasteiger partial charge >= 0.3 is 0 Å². The van der Waals surface area contributed by atoms with E-state index >= 15 is 0 Å². The van der Waals surface area contributed by atoms with E-state index in [-0.39, 0.29) is 2.85 Å². The highest BCUT2D eigenvalue weighted by atomic mass is 14.8. The molecule has 0 spiro atoms. The van der Waals surface area contributed by atoms with Crippen molar-refractivity contribution in [1.29, 1.82) is 0 Å². The number of hydrogen-bond acceptors (Lipinski definition) is 1. The molecule has 48 valence electrons. The van der Waals surface area contributed by atoms with Crippen molar-refractivity contribution in [3.8, 4) is 0 Å². The van der Waals surface area contributed by atoms with Crippen molar-refractivity contribution in [1.82, 2.24) is 5.32 Å². The third-order valence-corrected chi connectivity index (χ3v) is 1.03. The molecule has 1 N–H and O–H groups in total. The molecule has 0 saturated heterocycles. The van der Waals surface area contributed by atoms with E-state index in [2.05, 4.69) is 12.2 Å². The van der Waals surface area contributed by atoms with Gasteiger partial charge in [0.15, 0.2) is 0 Å². The molecule has 0 aromatic carbocycles. The van der Waals surface area contributed by atoms with E-state index in [4.69, 9.17) is 0 Å². The molecule has 0 bridgehead atoms. The molecule has 0 rings (SSSR count). The van der Waals surface area contributed by atoms with Crippen molar-refractivity contribution in [2.45, 2.75) is 26.2 Å². The summed E-state index contributed by atoms with van der Waals surface area (Å²) in [4.78, 5) is 0. The zero-order chi connectivity index (χ0) is 5.54. The Morgan fingerprint density at radius 3 is 2.57 bits per heavy atom. The molecule has 0 aromatic rings. The molecular formula is C6H19N. The Morgan fingerprint density at radius 1 is 1.43 bits per heavy atom. The smallest absolute Gasteiger partial charge is 0 e. The molecule has 0 radical (unpaired) electrons. The Bertz CT molecular complexity index is 30.2. The molecule has 0 aliphatic heterocycles. The zero-order valence-electron chi connectivity index (χ0n) is 5.33. The summed E-state index contributed by atoms with van der Waals surface area (Å²) in [6.45, 7) is 3.39. The number of hydrogen-bond donors (Lipinski definition) is 1. The van der Waals surface area contributed by atoms with Gasteiger partial charge in [-0.25, -0.2) is 0 Å². The second kappa shape index (κ2) is 5.96. The summed E-state index contributed by atoms with van der Waals surface area (Å²) in [6.07, 6.45) is 4.01. The van der Waals surface area contributed by atoms with Gasteiger partial charge in [-0.2, -0.15) is 0 Å². The molecule has 0 amide bonds. The van der Waals surface area contributed by atoms with Gasteiger partial charge in [0.25, 0.3) is 0 Å². The van der Waals surface area contributed by atoms with Crippen LogP contribution in [0, 0.1) is 0 Å². The molecule has 7 heavy (non-hydrogen) atoms. The fraction of sp³-hybridized carbons (Fsp3) is 1.00. The molecule has 1 heteroatoms. The summed E-state index contributed by atoms with van der Waals surface area (Å²) in [5, 5.41) is 3.10. The predicted molar refractivity (Wildman–Crippen MR) is 37.7 cm³/mol. The minimum Gasteiger partial charge on any atom is -0.320 e. The number of rotatable bonds is 4. The quantitative estimate of drug-likeness (QED) is 0.538. The molecule has 0 heterocycles. The third-order valence-electron chi connectivity index (χ3n) is 1.03. The van der Waals surface area contributed by atoms with Crippen LogP contribution in [0.1, 0.15) is 29.0 Å². The van der Waals surface area contributed by atoms with E-state index < -0.39 is 0 Å². The Balaban J connectivity index is -0.000000180. The molecule has 0 aliphatic carbocycles. The maximum absolute atomic E-state index is 3.10. The zero-order valence-corrected chi connectivity index (χ0v) is 5.33. The fourth-order valence-corrected chi connectivity index (χ4v) is 0.552. The van der Waals surface area contributed by atoms with E-state index in [9.17, 15) is 0 Å². The van der Waals surface area contributed by atoms with Crippen LogP contribution in [-0.4, -0.2) is 13.6 Å². The van der Waals surface area contributed by atoms with Crippen molar-refractivity contribution in [3.05, 3.63) is 0 Å². The molecule has 0 unspecified atom stereocenters. The van der Waals surface area contributed by atoms with Crippen LogP contribution in [0.2, 0.25) is 0 Å². The lowest BCUT2D eigenvalue weighted by Gasteiger charge is -1.93. The van der Waals surface area contributed by atoms with E-state index in [0.717, 1.165) is 0 Å². The molecule has 0 atom stereocenters. The van der Waals surface area contributed by atoms with Crippen molar-refractivity contribution in [2.24, 2.45) is 0 Å². The van der Waals surface area contributed by atoms with Crippen LogP contribution < -0.4 is 5.32 Å². The van der Waals surface area contributed by atoms with Gasteiger partial charge in [-0.1, -0.05) is 19.8 Å². The van der Waals surface area contributed by atoms with Crippen LogP contribution in [0.15, 0.2) is 0 Å². The highest BCUT2D eigenvalue weighted by Gasteiger charge is 1.78. The van der Waals surface area contributed by atoms with Gasteiger partial charge in [0.1, 0.15) is 0 Å². The van der Waals surface area contributed by atoms with Gasteiger partial charge in [0.05, 0.1) is 0 Å². The van der Waals surface area contributed by atoms with E-state index in [0.29, 0.717) is 0 Å². The van der Waals surface area contributed by atoms with E-state index in [1.807, 2.05) is 7.05 Å². The summed E-state index contributed by atoms with van der Waals surface area (Å²) < 4.78 is 0. The standard InChI is InChI=1S/C6H15N.2H2/c1-3-4-5-6-7-2;;/h7H,3-6H2,1-2H3;2*1H. The van der Waals surface area contributed by atoms with Gasteiger partial charge in [-0.05, 0) is 20.0 Å². The van der Waals surface area contributed by atoms with Crippen LogP contribution in [0.3, 0.4) is 0 Å². The molecule has 1 nitrogen and oxygen atoms in total. The largest absolute Gasteiger partial charge is 0.320 e. The lowest BCUT2D eigenvalue weighted by atomic mass is 10.2. The summed E-state index contributed by atoms with van der Waals surface area (Å²) in [5.41, 5.74) is 0. The Hall–Kier alpha value is -0.0400. The molecule has 0 aromatic heterocycles. The summed E-state index contributed by atoms with van der Waals surface area (Å²) in [5.74, 6) is 0. The van der Waals surface area contributed by atoms with Crippen molar-refractivity contribution >= 4 is 0 Å². The Morgan fingerprint density at radius 2 is 2.14 bits per heavy atom. The normalized spacial score (nSPS) is 9.43. The monoisotopic (exact) mass is 105 g/mol. The van der Waals surface area contributed by atoms with Gasteiger partial charge in [0.2, 0.25) is 0 Å². The van der Waals surface area contributed by atoms with Crippen LogP contribution in [0.4, 0.5) is 0 Å². The predicted octanol–water partition coefficient (Wildman–Crippen LogP) is 1.89. The second-order valence-electron chi connectivity index (χ2n) is 1.81. The van der Waals surface area contributed by atoms with Gasteiger partial charge in [-0.15, -0.1) is 0 Å². The van der Waals surface area contributed by atoms with Crippen LogP contribution in [0.5, 0.6) is 0 Å². The van der Waals surface area contributed by atoms with Gasteiger partial charge < -0.3 is 5.32 Å². The van der Waals surface area contributed by atoms with Crippen molar-refractivity contribution in [3.63, 3.8) is 0 Å². The minimum absolute atomic E-state index is 0. The van der Waals surface area contributed by atoms with Gasteiger partial charge in [-0.3, -0.25) is 0 Å². The molecule has 0 aliphatic rings. The van der Waals surface area contributed by atoms with E-state index in [1.165, 1.54) is 25.8 Å². The third kappa shape index (κ3) is 5.96. The first-order valence-corrected chi connectivity index (χ1v) is 3.06. The maximum atomic E-state index is 3.10. The minimum atomic E-state index is 0. The molecule has 0 saturated carbocycles. The van der Waals surface area contributed by atoms with E-state index in [1.54, 1.807) is 0 Å². The first-order valence-electron chi connectivity index (χ1n) is 3.06. The van der Waals surface area contributed by atoms with Gasteiger partial charge in [0, 0.05) is 2.85 Å². The second-order valence-corrected chi connectivity index (χ2v) is 1.81. The SMILES string of the molecule is CCCCCNC.[HH].[HH]. The summed E-state index contributed by atoms with van der Waals surface area (Å²) >= 11 is 0. The lowest BCUT2D eigenvalue weighted by Crippen LogP contribution is -2.06. The highest BCUT2D eigenvalue weighted by Crippen LogP contribution is 1.89. The average Bonchev–Trinajstić information content (AvgIpc) is 1.69. The number of unbranched alkanes of at least 4 members (excludes halogenated alkanes) is 2. The molecular weight excluding hydrogens is 86.1 g/mol. The van der Waals surface area contributed by atoms with Crippen LogP contribution >= 0.6 is 0 Å². The fourth-order valence-electron chi connectivity index (χ4n) is 0.552. The maximum Gasteiger partial charge on any atom is 0 e. The average molecular weight is 105 g/mol. The summed E-state index contributed by atoms with van der Waals surface area (Å²) in [6, 6.07) is 0. The van der Waals surface area contributed by atoms with Crippen LogP contribution in [-0.2, 0) is 0 Å². The topological polar surface area (TPSA) is 12.0 Å². The first-order chi connectivity index (χ1) is 3.41. The van der Waals surface area contributed by atoms with Crippen molar-refractivity contribution in [2.75, 3.05) is 13.6 Å². The van der Waals surface area contributed by atoms with Crippen molar-refractivity contribution < 1.29 is 2.85 Å². The summed E-state index contributed by atoms with van der Waals surface area (Å²) in [7, 11) is 2.00. The number of nitrogens with one attached hydrogen (secondary N) is 1. The lowest BCUT2D eigenvalue weighted by molar-refractivity contribution is 0.667. The Labute approximate surface area is 49.1 Å². The Kier molecular flexibility index (Phi) is 5.93. The van der Waals surface area contributed by atoms with Crippen LogP contribution in [0.25, 0.3) is 0 Å². The molecule has 0 fully saturated rings. The highest BCUT2D eigenvalue weighted by molar-refractivity contribution is 4.39.